The highest BCUT2D eigenvalue weighted by Gasteiger charge is 2.28. The maximum absolute atomic E-state index is 9.76. The average molecular weight is 401 g/mol. The van der Waals surface area contributed by atoms with Gasteiger partial charge in [-0.15, -0.1) is 0 Å². The molecule has 154 valence electrons. The van der Waals surface area contributed by atoms with Crippen LogP contribution in [0.1, 0.15) is 42.5 Å². The van der Waals surface area contributed by atoms with Crippen LogP contribution in [0, 0.1) is 11.3 Å². The molecule has 0 saturated carbocycles. The van der Waals surface area contributed by atoms with Crippen LogP contribution in [0.15, 0.2) is 36.7 Å². The Labute approximate surface area is 177 Å². The second-order valence-electron chi connectivity index (χ2n) is 8.56. The molecule has 0 spiro atoms. The molecule has 0 N–H and O–H groups in total. The van der Waals surface area contributed by atoms with Crippen LogP contribution in [0.5, 0.6) is 0 Å². The van der Waals surface area contributed by atoms with Gasteiger partial charge in [0.2, 0.25) is 0 Å². The van der Waals surface area contributed by atoms with Gasteiger partial charge in [0, 0.05) is 37.9 Å². The minimum absolute atomic E-state index is 0.578. The topological polar surface area (TPSA) is 61.0 Å². The molecule has 0 radical (unpaired) electrons. The van der Waals surface area contributed by atoms with E-state index < -0.39 is 0 Å². The van der Waals surface area contributed by atoms with Crippen LogP contribution in [-0.4, -0.2) is 45.6 Å². The van der Waals surface area contributed by atoms with E-state index in [1.165, 1.54) is 5.56 Å². The first kappa shape index (κ1) is 19.1. The summed E-state index contributed by atoms with van der Waals surface area (Å²) in [6.07, 6.45) is 7.14. The van der Waals surface area contributed by atoms with Crippen LogP contribution in [0.2, 0.25) is 0 Å². The number of fused-ring (bicyclic) bond motifs is 3. The lowest BCUT2D eigenvalue weighted by Crippen LogP contribution is -2.43. The summed E-state index contributed by atoms with van der Waals surface area (Å²) in [7, 11) is 2.23. The number of nitrogens with zero attached hydrogens (tertiary/aromatic N) is 6. The van der Waals surface area contributed by atoms with Gasteiger partial charge in [0.1, 0.15) is 23.4 Å². The zero-order chi connectivity index (χ0) is 20.5. The number of benzene rings is 1. The zero-order valence-electron chi connectivity index (χ0n) is 17.6. The minimum Gasteiger partial charge on any atom is -0.355 e. The highest BCUT2D eigenvalue weighted by molar-refractivity contribution is 5.92. The lowest BCUT2D eigenvalue weighted by atomic mass is 10.0. The quantitative estimate of drug-likeness (QED) is 0.668. The average Bonchev–Trinajstić information content (AvgIpc) is 3.13. The van der Waals surface area contributed by atoms with E-state index in [-0.39, 0.29) is 0 Å². The Kier molecular flexibility index (Phi) is 5.14. The third kappa shape index (κ3) is 3.33. The van der Waals surface area contributed by atoms with E-state index >= 15 is 0 Å². The van der Waals surface area contributed by atoms with Gasteiger partial charge in [0.05, 0.1) is 5.56 Å². The SMILES string of the molecule is CN(Cc1ccccc1)C1CCN(c2ncnc3c(C#N)c4n(c23)CCCC4)CC1. The van der Waals surface area contributed by atoms with Crippen molar-refractivity contribution < 1.29 is 0 Å². The normalized spacial score (nSPS) is 17.3. The number of piperidine rings is 1. The Bertz CT molecular complexity index is 1070. The van der Waals surface area contributed by atoms with E-state index in [1.807, 2.05) is 0 Å². The van der Waals surface area contributed by atoms with Gasteiger partial charge in [-0.1, -0.05) is 30.3 Å². The van der Waals surface area contributed by atoms with Gasteiger partial charge < -0.3 is 9.47 Å². The summed E-state index contributed by atoms with van der Waals surface area (Å²) in [5.74, 6) is 1.01. The molecule has 2 aliphatic rings. The van der Waals surface area contributed by atoms with Gasteiger partial charge in [-0.3, -0.25) is 4.90 Å². The van der Waals surface area contributed by atoms with E-state index in [4.69, 9.17) is 4.98 Å². The fourth-order valence-electron chi connectivity index (χ4n) is 5.14. The predicted octanol–water partition coefficient (Wildman–Crippen LogP) is 3.74. The molecule has 0 amide bonds. The maximum Gasteiger partial charge on any atom is 0.156 e. The molecule has 30 heavy (non-hydrogen) atoms. The first-order chi connectivity index (χ1) is 14.8. The molecule has 0 aliphatic carbocycles. The number of aromatic nitrogens is 3. The number of nitriles is 1. The fraction of sp³-hybridized carbons (Fsp3) is 0.458. The number of rotatable bonds is 4. The van der Waals surface area contributed by atoms with Gasteiger partial charge in [0.25, 0.3) is 0 Å². The molecule has 0 bridgehead atoms. The van der Waals surface area contributed by atoms with Crippen molar-refractivity contribution >= 4 is 16.9 Å². The van der Waals surface area contributed by atoms with Gasteiger partial charge >= 0.3 is 0 Å². The predicted molar refractivity (Wildman–Crippen MR) is 118 cm³/mol. The Morgan fingerprint density at radius 3 is 2.67 bits per heavy atom. The molecule has 5 rings (SSSR count). The number of aryl methyl sites for hydroxylation is 1. The van der Waals surface area contributed by atoms with Crippen LogP contribution < -0.4 is 4.90 Å². The molecule has 6 heteroatoms. The Morgan fingerprint density at radius 1 is 1.10 bits per heavy atom. The van der Waals surface area contributed by atoms with Crippen LogP contribution in [0.4, 0.5) is 5.82 Å². The van der Waals surface area contributed by atoms with Crippen molar-refractivity contribution in [3.8, 4) is 6.07 Å². The monoisotopic (exact) mass is 400 g/mol. The lowest BCUT2D eigenvalue weighted by molar-refractivity contribution is 0.200. The third-order valence-electron chi connectivity index (χ3n) is 6.74. The van der Waals surface area contributed by atoms with E-state index in [0.717, 1.165) is 86.4 Å². The molecule has 0 atom stereocenters. The molecular weight excluding hydrogens is 372 g/mol. The van der Waals surface area contributed by atoms with Crippen LogP contribution >= 0.6 is 0 Å². The zero-order valence-corrected chi connectivity index (χ0v) is 17.6. The van der Waals surface area contributed by atoms with Crippen molar-refractivity contribution in [3.63, 3.8) is 0 Å². The summed E-state index contributed by atoms with van der Waals surface area (Å²) < 4.78 is 2.32. The number of anilines is 1. The van der Waals surface area contributed by atoms with Crippen molar-refractivity contribution in [1.29, 1.82) is 5.26 Å². The van der Waals surface area contributed by atoms with Crippen molar-refractivity contribution in [2.75, 3.05) is 25.0 Å². The van der Waals surface area contributed by atoms with E-state index in [9.17, 15) is 5.26 Å². The van der Waals surface area contributed by atoms with Crippen LogP contribution in [0.25, 0.3) is 11.0 Å². The fourth-order valence-corrected chi connectivity index (χ4v) is 5.14. The Balaban J connectivity index is 1.37. The highest BCUT2D eigenvalue weighted by atomic mass is 15.2. The second-order valence-corrected chi connectivity index (χ2v) is 8.56. The molecule has 3 aromatic rings. The van der Waals surface area contributed by atoms with Gasteiger partial charge in [-0.2, -0.15) is 5.26 Å². The van der Waals surface area contributed by atoms with Crippen molar-refractivity contribution in [2.45, 2.75) is 51.2 Å². The smallest absolute Gasteiger partial charge is 0.156 e. The second kappa shape index (κ2) is 8.08. The van der Waals surface area contributed by atoms with Gasteiger partial charge in [-0.05, 0) is 44.7 Å². The van der Waals surface area contributed by atoms with E-state index in [2.05, 4.69) is 62.8 Å². The molecule has 1 fully saturated rings. The molecular formula is C24H28N6. The molecule has 0 unspecified atom stereocenters. The lowest BCUT2D eigenvalue weighted by Gasteiger charge is -2.37. The maximum atomic E-state index is 9.76. The summed E-state index contributed by atoms with van der Waals surface area (Å²) >= 11 is 0. The van der Waals surface area contributed by atoms with Gasteiger partial charge in [-0.25, -0.2) is 9.97 Å². The van der Waals surface area contributed by atoms with Crippen molar-refractivity contribution in [1.82, 2.24) is 19.4 Å². The standard InChI is InChI=1S/C24H28N6/c1-28(16-18-7-3-2-4-8-18)19-10-13-29(14-11-19)24-23-22(26-17-27-24)20(15-25)21-9-5-6-12-30(21)23/h2-4,7-8,17,19H,5-6,9-14,16H2,1H3. The highest BCUT2D eigenvalue weighted by Crippen LogP contribution is 2.34. The summed E-state index contributed by atoms with van der Waals surface area (Å²) in [6.45, 7) is 3.92. The number of hydrogen-bond acceptors (Lipinski definition) is 5. The van der Waals surface area contributed by atoms with E-state index in [0.29, 0.717) is 6.04 Å². The molecule has 2 aliphatic heterocycles. The molecule has 2 aromatic heterocycles. The molecule has 4 heterocycles. The Morgan fingerprint density at radius 2 is 1.90 bits per heavy atom. The van der Waals surface area contributed by atoms with E-state index in [1.54, 1.807) is 6.33 Å². The van der Waals surface area contributed by atoms with Crippen molar-refractivity contribution in [2.24, 2.45) is 0 Å². The summed E-state index contributed by atoms with van der Waals surface area (Å²) in [5, 5.41) is 9.76. The largest absolute Gasteiger partial charge is 0.355 e. The summed E-state index contributed by atoms with van der Waals surface area (Å²) in [6, 6.07) is 13.7. The summed E-state index contributed by atoms with van der Waals surface area (Å²) in [5.41, 5.74) is 5.18. The van der Waals surface area contributed by atoms with Crippen molar-refractivity contribution in [3.05, 3.63) is 53.5 Å². The third-order valence-corrected chi connectivity index (χ3v) is 6.74. The Hall–Kier alpha value is -2.91. The summed E-state index contributed by atoms with van der Waals surface area (Å²) in [4.78, 5) is 14.1. The minimum atomic E-state index is 0.578. The first-order valence-electron chi connectivity index (χ1n) is 11.0. The molecule has 1 aromatic carbocycles. The van der Waals surface area contributed by atoms with Crippen LogP contribution in [-0.2, 0) is 19.5 Å². The first-order valence-corrected chi connectivity index (χ1v) is 11.0. The van der Waals surface area contributed by atoms with Crippen LogP contribution in [0.3, 0.4) is 0 Å². The van der Waals surface area contributed by atoms with Gasteiger partial charge in [0.15, 0.2) is 5.82 Å². The molecule has 6 nitrogen and oxygen atoms in total. The number of hydrogen-bond donors (Lipinski definition) is 0. The molecule has 1 saturated heterocycles.